The van der Waals surface area contributed by atoms with Gasteiger partial charge < -0.3 is 14.2 Å². The summed E-state index contributed by atoms with van der Waals surface area (Å²) in [5, 5.41) is 0. The van der Waals surface area contributed by atoms with E-state index in [2.05, 4.69) is 4.90 Å². The van der Waals surface area contributed by atoms with Crippen molar-refractivity contribution in [2.24, 2.45) is 0 Å². The van der Waals surface area contributed by atoms with E-state index in [-0.39, 0.29) is 23.7 Å². The van der Waals surface area contributed by atoms with Crippen molar-refractivity contribution >= 4 is 17.5 Å². The molecule has 7 heteroatoms. The molecule has 6 nitrogen and oxygen atoms in total. The molecule has 0 saturated carbocycles. The Morgan fingerprint density at radius 2 is 1.56 bits per heavy atom. The second-order valence-corrected chi connectivity index (χ2v) is 8.22. The number of carbonyl (C=O) groups is 2. The molecule has 2 aromatic carbocycles. The van der Waals surface area contributed by atoms with Crippen LogP contribution in [0.2, 0.25) is 0 Å². The molecule has 0 spiro atoms. The van der Waals surface area contributed by atoms with Crippen molar-refractivity contribution in [1.82, 2.24) is 9.80 Å². The first-order valence-electron chi connectivity index (χ1n) is 10.8. The van der Waals surface area contributed by atoms with Gasteiger partial charge in [0, 0.05) is 50.9 Å². The number of amides is 2. The summed E-state index contributed by atoms with van der Waals surface area (Å²) in [7, 11) is 0. The number of benzene rings is 2. The minimum atomic E-state index is -0.259. The molecule has 0 aliphatic carbocycles. The number of anilines is 1. The molecule has 2 amide bonds. The van der Waals surface area contributed by atoms with Crippen molar-refractivity contribution in [1.29, 1.82) is 0 Å². The van der Waals surface area contributed by atoms with Crippen LogP contribution < -0.4 is 4.90 Å². The van der Waals surface area contributed by atoms with Crippen molar-refractivity contribution < 1.29 is 18.4 Å². The molecule has 1 aromatic heterocycles. The zero-order valence-corrected chi connectivity index (χ0v) is 17.6. The lowest BCUT2D eigenvalue weighted by Gasteiger charge is -2.37. The fourth-order valence-electron chi connectivity index (χ4n) is 4.51. The summed E-state index contributed by atoms with van der Waals surface area (Å²) in [6.45, 7) is 3.36. The predicted molar refractivity (Wildman–Crippen MR) is 119 cm³/mol. The molecule has 0 radical (unpaired) electrons. The number of hydrogen-bond donors (Lipinski definition) is 0. The Morgan fingerprint density at radius 3 is 2.19 bits per heavy atom. The molecular weight excluding hydrogens is 409 g/mol. The number of hydrogen-bond acceptors (Lipinski definition) is 4. The molecule has 0 N–H and O–H groups in total. The molecule has 2 saturated heterocycles. The van der Waals surface area contributed by atoms with E-state index in [0.29, 0.717) is 31.8 Å². The van der Waals surface area contributed by atoms with Crippen molar-refractivity contribution in [3.05, 3.63) is 78.5 Å². The van der Waals surface area contributed by atoms with Crippen LogP contribution >= 0.6 is 0 Å². The Kier molecular flexibility index (Phi) is 5.49. The van der Waals surface area contributed by atoms with E-state index >= 15 is 0 Å². The molecule has 0 bridgehead atoms. The number of nitrogens with zero attached hydrogens (tertiary/aromatic N) is 3. The molecule has 0 unspecified atom stereocenters. The second-order valence-electron chi connectivity index (χ2n) is 8.22. The Balaban J connectivity index is 1.20. The first-order chi connectivity index (χ1) is 15.6. The summed E-state index contributed by atoms with van der Waals surface area (Å²) < 4.78 is 18.4. The van der Waals surface area contributed by atoms with Gasteiger partial charge in [0.2, 0.25) is 5.91 Å². The number of rotatable bonds is 4. The van der Waals surface area contributed by atoms with Crippen LogP contribution in [0, 0.1) is 5.82 Å². The lowest BCUT2D eigenvalue weighted by molar-refractivity contribution is -0.117. The molecule has 2 fully saturated rings. The highest BCUT2D eigenvalue weighted by molar-refractivity contribution is 5.96. The Labute approximate surface area is 185 Å². The quantitative estimate of drug-likeness (QED) is 0.630. The average molecular weight is 433 g/mol. The monoisotopic (exact) mass is 433 g/mol. The van der Waals surface area contributed by atoms with Crippen molar-refractivity contribution in [3.63, 3.8) is 0 Å². The first kappa shape index (κ1) is 20.5. The predicted octanol–water partition coefficient (Wildman–Crippen LogP) is 3.65. The SMILES string of the molecule is O=C(c1ccco1)N1CCN([C@@H]2CC(=O)N(c3ccc(-c4ccc(F)cc4)cc3)C2)CC1. The van der Waals surface area contributed by atoms with Crippen molar-refractivity contribution in [2.45, 2.75) is 12.5 Å². The maximum Gasteiger partial charge on any atom is 0.289 e. The van der Waals surface area contributed by atoms with Gasteiger partial charge in [-0.3, -0.25) is 14.5 Å². The summed E-state index contributed by atoms with van der Waals surface area (Å²) >= 11 is 0. The fraction of sp³-hybridized carbons (Fsp3) is 0.280. The summed E-state index contributed by atoms with van der Waals surface area (Å²) in [6, 6.07) is 17.7. The van der Waals surface area contributed by atoms with Crippen LogP contribution in [0.4, 0.5) is 10.1 Å². The molecular formula is C25H24FN3O3. The number of halogens is 1. The van der Waals surface area contributed by atoms with Gasteiger partial charge in [-0.2, -0.15) is 0 Å². The van der Waals surface area contributed by atoms with E-state index in [0.717, 1.165) is 29.9 Å². The van der Waals surface area contributed by atoms with Gasteiger partial charge >= 0.3 is 0 Å². The Bertz CT molecular complexity index is 1090. The highest BCUT2D eigenvalue weighted by atomic mass is 19.1. The van der Waals surface area contributed by atoms with Crippen LogP contribution in [0.5, 0.6) is 0 Å². The van der Waals surface area contributed by atoms with E-state index in [1.165, 1.54) is 18.4 Å². The zero-order valence-electron chi connectivity index (χ0n) is 17.6. The van der Waals surface area contributed by atoms with Crippen LogP contribution in [-0.2, 0) is 4.79 Å². The van der Waals surface area contributed by atoms with Crippen molar-refractivity contribution in [3.8, 4) is 11.1 Å². The number of carbonyl (C=O) groups excluding carboxylic acids is 2. The van der Waals surface area contributed by atoms with Gasteiger partial charge in [-0.1, -0.05) is 24.3 Å². The topological polar surface area (TPSA) is 57.0 Å². The van der Waals surface area contributed by atoms with Gasteiger partial charge in [0.25, 0.3) is 5.91 Å². The van der Waals surface area contributed by atoms with Crippen LogP contribution in [0.3, 0.4) is 0 Å². The smallest absolute Gasteiger partial charge is 0.289 e. The van der Waals surface area contributed by atoms with Crippen LogP contribution in [0.1, 0.15) is 17.0 Å². The minimum absolute atomic E-state index is 0.0833. The zero-order chi connectivity index (χ0) is 22.1. The maximum absolute atomic E-state index is 13.2. The van der Waals surface area contributed by atoms with E-state index < -0.39 is 0 Å². The highest BCUT2D eigenvalue weighted by Crippen LogP contribution is 2.28. The number of piperazine rings is 1. The summed E-state index contributed by atoms with van der Waals surface area (Å²) in [5.41, 5.74) is 2.79. The Hall–Kier alpha value is -3.45. The van der Waals surface area contributed by atoms with Crippen LogP contribution in [0.25, 0.3) is 11.1 Å². The average Bonchev–Trinajstić information content (AvgIpc) is 3.50. The summed E-state index contributed by atoms with van der Waals surface area (Å²) in [6.07, 6.45) is 1.99. The Morgan fingerprint density at radius 1 is 0.906 bits per heavy atom. The second kappa shape index (κ2) is 8.59. The molecule has 3 aromatic rings. The summed E-state index contributed by atoms with van der Waals surface area (Å²) in [4.78, 5) is 31.1. The van der Waals surface area contributed by atoms with Crippen LogP contribution in [-0.4, -0.2) is 60.4 Å². The van der Waals surface area contributed by atoms with Gasteiger partial charge in [0.1, 0.15) is 5.82 Å². The third-order valence-corrected chi connectivity index (χ3v) is 6.31. The third-order valence-electron chi connectivity index (χ3n) is 6.31. The summed E-state index contributed by atoms with van der Waals surface area (Å²) in [5.74, 6) is 0.133. The molecule has 2 aliphatic rings. The lowest BCUT2D eigenvalue weighted by Crippen LogP contribution is -2.52. The first-order valence-corrected chi connectivity index (χ1v) is 10.8. The van der Waals surface area contributed by atoms with E-state index in [4.69, 9.17) is 4.42 Å². The van der Waals surface area contributed by atoms with E-state index in [9.17, 15) is 14.0 Å². The van der Waals surface area contributed by atoms with Gasteiger partial charge in [-0.15, -0.1) is 0 Å². The minimum Gasteiger partial charge on any atom is -0.459 e. The largest absolute Gasteiger partial charge is 0.459 e. The lowest BCUT2D eigenvalue weighted by atomic mass is 10.1. The molecule has 164 valence electrons. The molecule has 32 heavy (non-hydrogen) atoms. The standard InChI is InChI=1S/C25H24FN3O3/c26-20-7-3-18(4-8-20)19-5-9-21(10-6-19)29-17-22(16-24(29)30)27-11-13-28(14-12-27)25(31)23-2-1-15-32-23/h1-10,15,22H,11-14,16-17H2/t22-/m1/s1. The van der Waals surface area contributed by atoms with E-state index in [1.807, 2.05) is 29.2 Å². The van der Waals surface area contributed by atoms with Crippen LogP contribution in [0.15, 0.2) is 71.3 Å². The number of furan rings is 1. The van der Waals surface area contributed by atoms with Crippen molar-refractivity contribution in [2.75, 3.05) is 37.6 Å². The maximum atomic E-state index is 13.2. The van der Waals surface area contributed by atoms with Gasteiger partial charge in [0.05, 0.1) is 6.26 Å². The molecule has 1 atom stereocenters. The molecule has 5 rings (SSSR count). The van der Waals surface area contributed by atoms with Gasteiger partial charge in [-0.05, 0) is 47.5 Å². The molecule has 2 aliphatic heterocycles. The van der Waals surface area contributed by atoms with Gasteiger partial charge in [0.15, 0.2) is 5.76 Å². The molecule has 3 heterocycles. The third kappa shape index (κ3) is 4.03. The normalized spacial score (nSPS) is 19.5. The van der Waals surface area contributed by atoms with Gasteiger partial charge in [-0.25, -0.2) is 4.39 Å². The highest BCUT2D eigenvalue weighted by Gasteiger charge is 2.36. The van der Waals surface area contributed by atoms with E-state index in [1.54, 1.807) is 29.2 Å². The fourth-order valence-corrected chi connectivity index (χ4v) is 4.51.